The molecule has 2 nitrogen and oxygen atoms in total. The van der Waals surface area contributed by atoms with E-state index < -0.39 is 0 Å². The lowest BCUT2D eigenvalue weighted by molar-refractivity contribution is 0.0271. The van der Waals surface area contributed by atoms with Crippen molar-refractivity contribution in [3.05, 3.63) is 33.8 Å². The van der Waals surface area contributed by atoms with Crippen molar-refractivity contribution in [3.63, 3.8) is 0 Å². The molecule has 21 heavy (non-hydrogen) atoms. The molecule has 2 aliphatic rings. The lowest BCUT2D eigenvalue weighted by Crippen LogP contribution is -2.23. The van der Waals surface area contributed by atoms with Crippen molar-refractivity contribution in [3.8, 4) is 0 Å². The van der Waals surface area contributed by atoms with Crippen LogP contribution in [-0.4, -0.2) is 19.3 Å². The van der Waals surface area contributed by atoms with Crippen molar-refractivity contribution in [2.75, 3.05) is 13.2 Å². The molecule has 0 bridgehead atoms. The Morgan fingerprint density at radius 3 is 2.86 bits per heavy atom. The molecule has 0 saturated heterocycles. The van der Waals surface area contributed by atoms with Crippen molar-refractivity contribution >= 4 is 15.9 Å². The zero-order valence-electron chi connectivity index (χ0n) is 12.7. The number of benzene rings is 1. The van der Waals surface area contributed by atoms with Crippen LogP contribution in [0.2, 0.25) is 0 Å². The monoisotopic (exact) mass is 351 g/mol. The maximum Gasteiger partial charge on any atom is 0.0575 e. The Hall–Kier alpha value is -0.380. The van der Waals surface area contributed by atoms with Gasteiger partial charge in [0.1, 0.15) is 0 Å². The fraction of sp³-hybridized carbons (Fsp3) is 0.667. The largest absolute Gasteiger partial charge is 0.378 e. The fourth-order valence-corrected chi connectivity index (χ4v) is 4.04. The van der Waals surface area contributed by atoms with Crippen molar-refractivity contribution in [2.45, 2.75) is 63.5 Å². The van der Waals surface area contributed by atoms with E-state index in [0.717, 1.165) is 19.6 Å². The molecule has 2 aliphatic carbocycles. The average Bonchev–Trinajstić information content (AvgIpc) is 2.90. The number of ether oxygens (including phenoxy) is 1. The highest BCUT2D eigenvalue weighted by Gasteiger charge is 2.21. The van der Waals surface area contributed by atoms with Crippen LogP contribution in [0.4, 0.5) is 0 Å². The second-order valence-corrected chi connectivity index (χ2v) is 7.29. The molecule has 0 heterocycles. The van der Waals surface area contributed by atoms with Gasteiger partial charge in [0.2, 0.25) is 0 Å². The van der Waals surface area contributed by atoms with E-state index in [1.54, 1.807) is 0 Å². The van der Waals surface area contributed by atoms with Crippen LogP contribution in [0.15, 0.2) is 22.7 Å². The van der Waals surface area contributed by atoms with Crippen LogP contribution in [0.1, 0.15) is 62.1 Å². The lowest BCUT2D eigenvalue weighted by Gasteiger charge is -2.22. The first-order valence-electron chi connectivity index (χ1n) is 8.46. The van der Waals surface area contributed by atoms with Crippen LogP contribution in [0.3, 0.4) is 0 Å². The van der Waals surface area contributed by atoms with Crippen LogP contribution in [-0.2, 0) is 11.2 Å². The number of rotatable bonds is 6. The van der Waals surface area contributed by atoms with E-state index in [-0.39, 0.29) is 0 Å². The second-order valence-electron chi connectivity index (χ2n) is 6.37. The predicted octanol–water partition coefficient (Wildman–Crippen LogP) is 4.77. The first kappa shape index (κ1) is 15.5. The summed E-state index contributed by atoms with van der Waals surface area (Å²) in [6.07, 6.45) is 10.8. The molecule has 1 aromatic carbocycles. The molecule has 1 aromatic rings. The van der Waals surface area contributed by atoms with E-state index >= 15 is 0 Å². The average molecular weight is 352 g/mol. The molecule has 1 N–H and O–H groups in total. The fourth-order valence-electron chi connectivity index (χ4n) is 3.63. The highest BCUT2D eigenvalue weighted by atomic mass is 79.9. The zero-order chi connectivity index (χ0) is 14.5. The van der Waals surface area contributed by atoms with Gasteiger partial charge in [-0.15, -0.1) is 0 Å². The number of hydrogen-bond donors (Lipinski definition) is 1. The Balaban J connectivity index is 1.35. The summed E-state index contributed by atoms with van der Waals surface area (Å²) < 4.78 is 7.18. The molecule has 1 atom stereocenters. The van der Waals surface area contributed by atoms with Crippen LogP contribution >= 0.6 is 15.9 Å². The molecule has 0 spiro atoms. The van der Waals surface area contributed by atoms with Gasteiger partial charge in [-0.1, -0.05) is 41.3 Å². The summed E-state index contributed by atoms with van der Waals surface area (Å²) in [6.45, 7) is 1.98. The van der Waals surface area contributed by atoms with Crippen molar-refractivity contribution < 1.29 is 4.74 Å². The van der Waals surface area contributed by atoms with Crippen LogP contribution < -0.4 is 5.32 Å². The Labute approximate surface area is 136 Å². The molecule has 116 valence electrons. The van der Waals surface area contributed by atoms with Gasteiger partial charge in [-0.3, -0.25) is 0 Å². The number of hydrogen-bond acceptors (Lipinski definition) is 2. The Morgan fingerprint density at radius 1 is 1.14 bits per heavy atom. The van der Waals surface area contributed by atoms with Gasteiger partial charge in [0.05, 0.1) is 6.10 Å². The Morgan fingerprint density at radius 2 is 2.00 bits per heavy atom. The molecule has 1 unspecified atom stereocenters. The lowest BCUT2D eigenvalue weighted by atomic mass is 9.98. The van der Waals surface area contributed by atoms with Crippen LogP contribution in [0.25, 0.3) is 0 Å². The summed E-state index contributed by atoms with van der Waals surface area (Å²) in [6, 6.07) is 7.24. The van der Waals surface area contributed by atoms with E-state index in [9.17, 15) is 0 Å². The SMILES string of the molecule is Brc1ccc2c(c1)CCC2NCCCOC1CCCCC1. The van der Waals surface area contributed by atoms with Gasteiger partial charge < -0.3 is 10.1 Å². The highest BCUT2D eigenvalue weighted by Crippen LogP contribution is 2.32. The van der Waals surface area contributed by atoms with Gasteiger partial charge >= 0.3 is 0 Å². The van der Waals surface area contributed by atoms with E-state index in [2.05, 4.69) is 39.4 Å². The molecule has 0 aliphatic heterocycles. The maximum absolute atomic E-state index is 5.99. The van der Waals surface area contributed by atoms with E-state index in [0.29, 0.717) is 12.1 Å². The molecular weight excluding hydrogens is 326 g/mol. The summed E-state index contributed by atoms with van der Waals surface area (Å²) in [7, 11) is 0. The topological polar surface area (TPSA) is 21.3 Å². The van der Waals surface area contributed by atoms with Gasteiger partial charge in [0, 0.05) is 17.1 Å². The smallest absolute Gasteiger partial charge is 0.0575 e. The predicted molar refractivity (Wildman–Crippen MR) is 90.6 cm³/mol. The number of nitrogens with one attached hydrogen (secondary N) is 1. The van der Waals surface area contributed by atoms with Gasteiger partial charge in [0.25, 0.3) is 0 Å². The zero-order valence-corrected chi connectivity index (χ0v) is 14.3. The van der Waals surface area contributed by atoms with Crippen molar-refractivity contribution in [2.24, 2.45) is 0 Å². The molecule has 1 fully saturated rings. The van der Waals surface area contributed by atoms with Gasteiger partial charge in [-0.25, -0.2) is 0 Å². The summed E-state index contributed by atoms with van der Waals surface area (Å²) in [5.41, 5.74) is 2.99. The summed E-state index contributed by atoms with van der Waals surface area (Å²) >= 11 is 3.56. The molecule has 0 aromatic heterocycles. The van der Waals surface area contributed by atoms with Crippen molar-refractivity contribution in [1.82, 2.24) is 5.32 Å². The van der Waals surface area contributed by atoms with E-state index in [1.165, 1.54) is 60.5 Å². The number of fused-ring (bicyclic) bond motifs is 1. The molecule has 1 saturated carbocycles. The molecule has 3 rings (SSSR count). The maximum atomic E-state index is 5.99. The van der Waals surface area contributed by atoms with Crippen LogP contribution in [0, 0.1) is 0 Å². The summed E-state index contributed by atoms with van der Waals surface area (Å²) in [5.74, 6) is 0. The molecule has 0 amide bonds. The van der Waals surface area contributed by atoms with Crippen LogP contribution in [0.5, 0.6) is 0 Å². The Bertz CT molecular complexity index is 457. The van der Waals surface area contributed by atoms with E-state index in [4.69, 9.17) is 4.74 Å². The second kappa shape index (κ2) is 7.75. The first-order valence-corrected chi connectivity index (χ1v) is 9.25. The first-order chi connectivity index (χ1) is 10.3. The third-order valence-corrected chi connectivity index (χ3v) is 5.29. The minimum Gasteiger partial charge on any atom is -0.378 e. The molecular formula is C18H26BrNO. The standard InChI is InChI=1S/C18H26BrNO/c19-15-8-9-17-14(13-15)7-10-18(17)20-11-4-12-21-16-5-2-1-3-6-16/h8-9,13,16,18,20H,1-7,10-12H2. The highest BCUT2D eigenvalue weighted by molar-refractivity contribution is 9.10. The molecule has 0 radical (unpaired) electrons. The van der Waals surface area contributed by atoms with E-state index in [1.807, 2.05) is 0 Å². The number of halogens is 1. The quantitative estimate of drug-likeness (QED) is 0.745. The van der Waals surface area contributed by atoms with Gasteiger partial charge in [0.15, 0.2) is 0 Å². The summed E-state index contributed by atoms with van der Waals surface area (Å²) in [4.78, 5) is 0. The van der Waals surface area contributed by atoms with Gasteiger partial charge in [-0.05, 0) is 61.9 Å². The summed E-state index contributed by atoms with van der Waals surface area (Å²) in [5, 5.41) is 3.70. The third kappa shape index (κ3) is 4.30. The normalized spacial score (nSPS) is 22.4. The van der Waals surface area contributed by atoms with Gasteiger partial charge in [-0.2, -0.15) is 0 Å². The minimum atomic E-state index is 0.544. The third-order valence-electron chi connectivity index (χ3n) is 4.80. The Kier molecular flexibility index (Phi) is 5.73. The minimum absolute atomic E-state index is 0.544. The van der Waals surface area contributed by atoms with Crippen molar-refractivity contribution in [1.29, 1.82) is 0 Å². The molecule has 3 heteroatoms. The number of aryl methyl sites for hydroxylation is 1.